The van der Waals surface area contributed by atoms with Gasteiger partial charge in [-0.1, -0.05) is 12.1 Å². The zero-order valence-corrected chi connectivity index (χ0v) is 13.9. The number of aromatic hydroxyl groups is 1. The summed E-state index contributed by atoms with van der Waals surface area (Å²) in [6, 6.07) is 7.83. The fraction of sp³-hybridized carbons (Fsp3) is 0.333. The Balaban J connectivity index is 1.76. The van der Waals surface area contributed by atoms with Crippen LogP contribution in [0.15, 0.2) is 36.4 Å². The van der Waals surface area contributed by atoms with E-state index in [-0.39, 0.29) is 11.3 Å². The molecule has 0 bridgehead atoms. The van der Waals surface area contributed by atoms with Crippen LogP contribution in [-0.2, 0) is 4.74 Å². The van der Waals surface area contributed by atoms with Crippen molar-refractivity contribution in [2.75, 3.05) is 6.61 Å². The lowest BCUT2D eigenvalue weighted by Gasteiger charge is -2.39. The van der Waals surface area contributed by atoms with Crippen LogP contribution in [0.2, 0.25) is 0 Å². The third-order valence-electron chi connectivity index (χ3n) is 4.31. The Morgan fingerprint density at radius 1 is 0.889 bits per heavy atom. The van der Waals surface area contributed by atoms with E-state index in [1.54, 1.807) is 0 Å². The fourth-order valence-electron chi connectivity index (χ4n) is 2.76. The topological polar surface area (TPSA) is 120 Å². The van der Waals surface area contributed by atoms with E-state index in [2.05, 4.69) is 0 Å². The SMILES string of the molecule is OC[C@H]1O[C@H](Oc2ccc(-c3cc(F)c(O)c(F)c3)cc2)[C@@H](O)[C@@H](O)[C@@H]1O. The van der Waals surface area contributed by atoms with Gasteiger partial charge in [0, 0.05) is 0 Å². The molecule has 0 aliphatic carbocycles. The molecule has 5 atom stereocenters. The molecule has 7 nitrogen and oxygen atoms in total. The third kappa shape index (κ3) is 3.87. The Kier molecular flexibility index (Phi) is 5.59. The molecule has 3 rings (SSSR count). The predicted octanol–water partition coefficient (Wildman–Crippen LogP) is 0.516. The van der Waals surface area contributed by atoms with Gasteiger partial charge in [0.15, 0.2) is 17.4 Å². The summed E-state index contributed by atoms with van der Waals surface area (Å²) < 4.78 is 37.6. The number of ether oxygens (including phenoxy) is 2. The van der Waals surface area contributed by atoms with Crippen LogP contribution in [0, 0.1) is 11.6 Å². The van der Waals surface area contributed by atoms with Gasteiger partial charge in [-0.25, -0.2) is 8.78 Å². The average Bonchev–Trinajstić information content (AvgIpc) is 2.66. The zero-order chi connectivity index (χ0) is 19.7. The highest BCUT2D eigenvalue weighted by molar-refractivity contribution is 5.65. The van der Waals surface area contributed by atoms with Gasteiger partial charge < -0.3 is 35.0 Å². The van der Waals surface area contributed by atoms with E-state index >= 15 is 0 Å². The standard InChI is InChI=1S/C18H18F2O7/c19-11-5-9(6-12(20)14(11)22)8-1-3-10(4-2-8)26-18-17(25)16(24)15(23)13(7-21)27-18/h1-6,13,15-18,21-25H,7H2/t13-,15-,16+,17+,18+/m1/s1. The Bertz CT molecular complexity index is 774. The van der Waals surface area contributed by atoms with Crippen molar-refractivity contribution in [2.45, 2.75) is 30.7 Å². The van der Waals surface area contributed by atoms with Crippen LogP contribution >= 0.6 is 0 Å². The van der Waals surface area contributed by atoms with E-state index in [0.29, 0.717) is 5.56 Å². The number of hydrogen-bond acceptors (Lipinski definition) is 7. The van der Waals surface area contributed by atoms with Gasteiger partial charge >= 0.3 is 0 Å². The van der Waals surface area contributed by atoms with Crippen molar-refractivity contribution in [3.63, 3.8) is 0 Å². The first kappa shape index (κ1) is 19.5. The highest BCUT2D eigenvalue weighted by Crippen LogP contribution is 2.30. The van der Waals surface area contributed by atoms with Crippen molar-refractivity contribution >= 4 is 0 Å². The Hall–Kier alpha value is -2.30. The molecule has 1 aliphatic rings. The molecule has 1 aliphatic heterocycles. The summed E-state index contributed by atoms with van der Waals surface area (Å²) in [5.41, 5.74) is 0.635. The van der Waals surface area contributed by atoms with Crippen molar-refractivity contribution in [3.05, 3.63) is 48.0 Å². The van der Waals surface area contributed by atoms with Crippen LogP contribution < -0.4 is 4.74 Å². The molecule has 0 aromatic heterocycles. The number of rotatable bonds is 4. The lowest BCUT2D eigenvalue weighted by molar-refractivity contribution is -0.277. The molecule has 2 aromatic rings. The molecular formula is C18H18F2O7. The number of halogens is 2. The maximum atomic E-state index is 13.5. The maximum absolute atomic E-state index is 13.5. The highest BCUT2D eigenvalue weighted by atomic mass is 19.1. The molecule has 0 unspecified atom stereocenters. The maximum Gasteiger partial charge on any atom is 0.229 e. The molecule has 0 saturated carbocycles. The quantitative estimate of drug-likeness (QED) is 0.521. The summed E-state index contributed by atoms with van der Waals surface area (Å²) >= 11 is 0. The number of aliphatic hydroxyl groups is 4. The predicted molar refractivity (Wildman–Crippen MR) is 87.9 cm³/mol. The molecule has 1 fully saturated rings. The van der Waals surface area contributed by atoms with Crippen LogP contribution in [-0.4, -0.2) is 62.8 Å². The molecule has 1 heterocycles. The summed E-state index contributed by atoms with van der Waals surface area (Å²) in [5, 5.41) is 47.8. The fourth-order valence-corrected chi connectivity index (χ4v) is 2.76. The zero-order valence-electron chi connectivity index (χ0n) is 13.9. The largest absolute Gasteiger partial charge is 0.503 e. The lowest BCUT2D eigenvalue weighted by atomic mass is 9.99. The van der Waals surface area contributed by atoms with Crippen LogP contribution in [0.4, 0.5) is 8.78 Å². The van der Waals surface area contributed by atoms with Gasteiger partial charge in [-0.15, -0.1) is 0 Å². The van der Waals surface area contributed by atoms with Crippen LogP contribution in [0.1, 0.15) is 0 Å². The van der Waals surface area contributed by atoms with E-state index in [9.17, 15) is 24.1 Å². The average molecular weight is 384 g/mol. The molecule has 0 amide bonds. The summed E-state index contributed by atoms with van der Waals surface area (Å²) in [6.07, 6.45) is -7.05. The van der Waals surface area contributed by atoms with Crippen LogP contribution in [0.25, 0.3) is 11.1 Å². The minimum absolute atomic E-state index is 0.196. The molecule has 1 saturated heterocycles. The van der Waals surface area contributed by atoms with Crippen LogP contribution in [0.3, 0.4) is 0 Å². The van der Waals surface area contributed by atoms with E-state index in [4.69, 9.17) is 19.7 Å². The number of phenols is 1. The monoisotopic (exact) mass is 384 g/mol. The van der Waals surface area contributed by atoms with Crippen molar-refractivity contribution in [1.29, 1.82) is 0 Å². The first-order chi connectivity index (χ1) is 12.8. The van der Waals surface area contributed by atoms with Crippen molar-refractivity contribution in [2.24, 2.45) is 0 Å². The van der Waals surface area contributed by atoms with Gasteiger partial charge in [0.05, 0.1) is 6.61 Å². The molecule has 27 heavy (non-hydrogen) atoms. The summed E-state index contributed by atoms with van der Waals surface area (Å²) in [4.78, 5) is 0. The smallest absolute Gasteiger partial charge is 0.229 e. The van der Waals surface area contributed by atoms with Gasteiger partial charge in [-0.05, 0) is 35.4 Å². The van der Waals surface area contributed by atoms with Crippen molar-refractivity contribution in [3.8, 4) is 22.6 Å². The van der Waals surface area contributed by atoms with E-state index in [1.165, 1.54) is 24.3 Å². The summed E-state index contributed by atoms with van der Waals surface area (Å²) in [6.45, 7) is -0.582. The molecule has 2 aromatic carbocycles. The van der Waals surface area contributed by atoms with Crippen molar-refractivity contribution < 1.29 is 43.8 Å². The number of hydrogen-bond donors (Lipinski definition) is 5. The minimum atomic E-state index is -1.57. The minimum Gasteiger partial charge on any atom is -0.503 e. The summed E-state index contributed by atoms with van der Waals surface area (Å²) in [7, 11) is 0. The Morgan fingerprint density at radius 3 is 2.04 bits per heavy atom. The van der Waals surface area contributed by atoms with Gasteiger partial charge in [0.2, 0.25) is 6.29 Å². The molecule has 0 spiro atoms. The van der Waals surface area contributed by atoms with Gasteiger partial charge in [-0.2, -0.15) is 0 Å². The molecular weight excluding hydrogens is 366 g/mol. The van der Waals surface area contributed by atoms with Gasteiger partial charge in [0.25, 0.3) is 0 Å². The Morgan fingerprint density at radius 2 is 1.48 bits per heavy atom. The second-order valence-electron chi connectivity index (χ2n) is 6.13. The van der Waals surface area contributed by atoms with Crippen molar-refractivity contribution in [1.82, 2.24) is 0 Å². The second-order valence-corrected chi connectivity index (χ2v) is 6.13. The van der Waals surface area contributed by atoms with E-state index in [1.807, 2.05) is 0 Å². The van der Waals surface area contributed by atoms with Gasteiger partial charge in [-0.3, -0.25) is 0 Å². The number of aliphatic hydroxyl groups excluding tert-OH is 4. The van der Waals surface area contributed by atoms with E-state index in [0.717, 1.165) is 12.1 Å². The molecule has 5 N–H and O–H groups in total. The lowest BCUT2D eigenvalue weighted by Crippen LogP contribution is -2.60. The first-order valence-electron chi connectivity index (χ1n) is 8.07. The molecule has 9 heteroatoms. The summed E-state index contributed by atoms with van der Waals surface area (Å²) in [5.74, 6) is -3.03. The molecule has 0 radical (unpaired) electrons. The third-order valence-corrected chi connectivity index (χ3v) is 4.31. The second kappa shape index (κ2) is 7.75. The number of benzene rings is 2. The van der Waals surface area contributed by atoms with Gasteiger partial charge in [0.1, 0.15) is 30.2 Å². The molecule has 146 valence electrons. The number of phenolic OH excluding ortho intramolecular Hbond substituents is 1. The van der Waals surface area contributed by atoms with E-state index < -0.39 is 54.7 Å². The van der Waals surface area contributed by atoms with Crippen LogP contribution in [0.5, 0.6) is 11.5 Å². The first-order valence-corrected chi connectivity index (χ1v) is 8.07. The Labute approximate surface area is 152 Å². The normalized spacial score (nSPS) is 28.1. The highest BCUT2D eigenvalue weighted by Gasteiger charge is 2.44.